The number of allylic oxidation sites excluding steroid dienone is 1. The van der Waals surface area contributed by atoms with Crippen LogP contribution >= 0.6 is 15.9 Å². The first-order valence-electron chi connectivity index (χ1n) is 6.91. The van der Waals surface area contributed by atoms with Gasteiger partial charge in [-0.3, -0.25) is 4.79 Å². The second kappa shape index (κ2) is 8.21. The van der Waals surface area contributed by atoms with Crippen molar-refractivity contribution in [2.24, 2.45) is 0 Å². The van der Waals surface area contributed by atoms with Crippen molar-refractivity contribution in [3.05, 3.63) is 76.3 Å². The summed E-state index contributed by atoms with van der Waals surface area (Å²) in [6.07, 6.45) is 1.59. The van der Waals surface area contributed by atoms with E-state index in [0.717, 1.165) is 21.3 Å². The summed E-state index contributed by atoms with van der Waals surface area (Å²) in [7, 11) is 0. The molecule has 0 aliphatic carbocycles. The molecular formula is C19H16BrNO. The summed E-state index contributed by atoms with van der Waals surface area (Å²) in [4.78, 5) is 11.4. The quantitative estimate of drug-likeness (QED) is 0.664. The van der Waals surface area contributed by atoms with E-state index in [4.69, 9.17) is 0 Å². The zero-order valence-corrected chi connectivity index (χ0v) is 13.9. The Morgan fingerprint density at radius 3 is 2.64 bits per heavy atom. The Hall–Kier alpha value is -2.31. The third-order valence-corrected chi connectivity index (χ3v) is 3.35. The molecular weight excluding hydrogens is 338 g/mol. The predicted octanol–water partition coefficient (Wildman–Crippen LogP) is 4.02. The van der Waals surface area contributed by atoms with Crippen molar-refractivity contribution < 1.29 is 4.79 Å². The molecule has 0 unspecified atom stereocenters. The second-order valence-corrected chi connectivity index (χ2v) is 5.62. The summed E-state index contributed by atoms with van der Waals surface area (Å²) in [5, 5.41) is 3.21. The highest BCUT2D eigenvalue weighted by Gasteiger charge is 2.00. The van der Waals surface area contributed by atoms with Crippen LogP contribution < -0.4 is 5.32 Å². The fourth-order valence-electron chi connectivity index (χ4n) is 1.91. The zero-order chi connectivity index (χ0) is 15.8. The van der Waals surface area contributed by atoms with Gasteiger partial charge in [-0.2, -0.15) is 0 Å². The van der Waals surface area contributed by atoms with Crippen LogP contribution in [0.15, 0.2) is 65.1 Å². The number of hydrogen-bond acceptors (Lipinski definition) is 2. The monoisotopic (exact) mass is 353 g/mol. The van der Waals surface area contributed by atoms with Crippen LogP contribution in [0.25, 0.3) is 5.70 Å². The van der Waals surface area contributed by atoms with Gasteiger partial charge >= 0.3 is 0 Å². The Morgan fingerprint density at radius 2 is 1.95 bits per heavy atom. The average molecular weight is 354 g/mol. The molecule has 2 aromatic rings. The normalized spacial score (nSPS) is 10.5. The minimum atomic E-state index is 0.00584. The van der Waals surface area contributed by atoms with Crippen LogP contribution in [0.1, 0.15) is 18.1 Å². The lowest BCUT2D eigenvalue weighted by molar-refractivity contribution is -0.112. The number of carbonyl (C=O) groups excluding carboxylic acids is 1. The van der Waals surface area contributed by atoms with E-state index in [-0.39, 0.29) is 5.78 Å². The topological polar surface area (TPSA) is 29.1 Å². The van der Waals surface area contributed by atoms with Crippen LogP contribution in [0, 0.1) is 11.8 Å². The molecule has 0 saturated carbocycles. The van der Waals surface area contributed by atoms with Crippen LogP contribution in [0.5, 0.6) is 0 Å². The molecule has 0 saturated heterocycles. The largest absolute Gasteiger partial charge is 0.374 e. The lowest BCUT2D eigenvalue weighted by Crippen LogP contribution is -2.13. The van der Waals surface area contributed by atoms with Crippen molar-refractivity contribution in [1.29, 1.82) is 0 Å². The van der Waals surface area contributed by atoms with Crippen molar-refractivity contribution >= 4 is 27.4 Å². The van der Waals surface area contributed by atoms with Gasteiger partial charge in [0.2, 0.25) is 0 Å². The first-order valence-corrected chi connectivity index (χ1v) is 7.70. The summed E-state index contributed by atoms with van der Waals surface area (Å²) in [5.41, 5.74) is 2.71. The Balaban J connectivity index is 2.06. The van der Waals surface area contributed by atoms with Gasteiger partial charge in [0.1, 0.15) is 0 Å². The Bertz CT molecular complexity index is 739. The van der Waals surface area contributed by atoms with Crippen LogP contribution in [0.4, 0.5) is 0 Å². The van der Waals surface area contributed by atoms with E-state index < -0.39 is 0 Å². The van der Waals surface area contributed by atoms with Gasteiger partial charge in [0.05, 0.1) is 6.54 Å². The maximum absolute atomic E-state index is 11.4. The lowest BCUT2D eigenvalue weighted by atomic mass is 10.1. The van der Waals surface area contributed by atoms with E-state index in [1.807, 2.05) is 54.6 Å². The third-order valence-electron chi connectivity index (χ3n) is 2.86. The van der Waals surface area contributed by atoms with Gasteiger partial charge in [0.15, 0.2) is 5.78 Å². The fraction of sp³-hybridized carbons (Fsp3) is 0.105. The minimum Gasteiger partial charge on any atom is -0.374 e. The number of halogens is 1. The molecule has 0 spiro atoms. The highest BCUT2D eigenvalue weighted by molar-refractivity contribution is 9.10. The van der Waals surface area contributed by atoms with Gasteiger partial charge in [-0.15, -0.1) is 0 Å². The van der Waals surface area contributed by atoms with Gasteiger partial charge in [0, 0.05) is 21.8 Å². The molecule has 0 aliphatic heterocycles. The van der Waals surface area contributed by atoms with Crippen molar-refractivity contribution in [1.82, 2.24) is 5.32 Å². The molecule has 0 radical (unpaired) electrons. The first-order chi connectivity index (χ1) is 10.6. The number of nitrogens with one attached hydrogen (secondary N) is 1. The van der Waals surface area contributed by atoms with Crippen LogP contribution in [-0.4, -0.2) is 12.3 Å². The predicted molar refractivity (Wildman–Crippen MR) is 94.1 cm³/mol. The third kappa shape index (κ3) is 5.23. The number of ketones is 1. The SMILES string of the molecule is CC(=O)/C=C(\NCC#Cc1cccc(Br)c1)c1ccccc1. The first kappa shape index (κ1) is 16.1. The lowest BCUT2D eigenvalue weighted by Gasteiger charge is -2.08. The van der Waals surface area contributed by atoms with Crippen LogP contribution in [0.2, 0.25) is 0 Å². The summed E-state index contributed by atoms with van der Waals surface area (Å²) < 4.78 is 1.01. The molecule has 2 nitrogen and oxygen atoms in total. The molecule has 2 rings (SSSR count). The second-order valence-electron chi connectivity index (χ2n) is 4.70. The van der Waals surface area contributed by atoms with Crippen LogP contribution in [-0.2, 0) is 4.79 Å². The zero-order valence-electron chi connectivity index (χ0n) is 12.3. The molecule has 0 heterocycles. The molecule has 0 aliphatic rings. The van der Waals surface area contributed by atoms with E-state index in [9.17, 15) is 4.79 Å². The summed E-state index contributed by atoms with van der Waals surface area (Å²) in [6, 6.07) is 17.6. The van der Waals surface area contributed by atoms with Gasteiger partial charge in [-0.25, -0.2) is 0 Å². The smallest absolute Gasteiger partial charge is 0.154 e. The molecule has 0 aromatic heterocycles. The molecule has 3 heteroatoms. The van der Waals surface area contributed by atoms with E-state index in [0.29, 0.717) is 6.54 Å². The summed E-state index contributed by atoms with van der Waals surface area (Å²) >= 11 is 3.42. The number of rotatable bonds is 4. The number of benzene rings is 2. The molecule has 2 aromatic carbocycles. The van der Waals surface area contributed by atoms with Crippen molar-refractivity contribution in [2.75, 3.05) is 6.54 Å². The minimum absolute atomic E-state index is 0.00584. The molecule has 1 N–H and O–H groups in total. The van der Waals surface area contributed by atoms with E-state index in [2.05, 4.69) is 33.1 Å². The van der Waals surface area contributed by atoms with Crippen molar-refractivity contribution in [3.63, 3.8) is 0 Å². The molecule has 0 amide bonds. The number of carbonyl (C=O) groups is 1. The standard InChI is InChI=1S/C19H16BrNO/c1-15(22)13-19(17-9-3-2-4-10-17)21-12-6-8-16-7-5-11-18(20)14-16/h2-5,7,9-11,13-14,21H,12H2,1H3/b19-13-. The van der Waals surface area contributed by atoms with Gasteiger partial charge in [-0.1, -0.05) is 64.2 Å². The van der Waals surface area contributed by atoms with E-state index in [1.54, 1.807) is 6.08 Å². The van der Waals surface area contributed by atoms with Crippen LogP contribution in [0.3, 0.4) is 0 Å². The van der Waals surface area contributed by atoms with Gasteiger partial charge in [-0.05, 0) is 30.7 Å². The molecule has 110 valence electrons. The van der Waals surface area contributed by atoms with Crippen molar-refractivity contribution in [2.45, 2.75) is 6.92 Å². The highest BCUT2D eigenvalue weighted by atomic mass is 79.9. The van der Waals surface area contributed by atoms with E-state index in [1.165, 1.54) is 6.92 Å². The molecule has 0 atom stereocenters. The molecule has 22 heavy (non-hydrogen) atoms. The van der Waals surface area contributed by atoms with Gasteiger partial charge in [0.25, 0.3) is 0 Å². The summed E-state index contributed by atoms with van der Waals surface area (Å²) in [5.74, 6) is 6.17. The molecule has 0 fully saturated rings. The van der Waals surface area contributed by atoms with Crippen molar-refractivity contribution in [3.8, 4) is 11.8 Å². The van der Waals surface area contributed by atoms with Gasteiger partial charge < -0.3 is 5.32 Å². The van der Waals surface area contributed by atoms with E-state index >= 15 is 0 Å². The fourth-order valence-corrected chi connectivity index (χ4v) is 2.31. The average Bonchev–Trinajstić information content (AvgIpc) is 2.51. The maximum atomic E-state index is 11.4. The Kier molecular flexibility index (Phi) is 6.00. The summed E-state index contributed by atoms with van der Waals surface area (Å²) in [6.45, 7) is 2.01. The highest BCUT2D eigenvalue weighted by Crippen LogP contribution is 2.11. The maximum Gasteiger partial charge on any atom is 0.154 e. The molecule has 0 bridgehead atoms. The Morgan fingerprint density at radius 1 is 1.18 bits per heavy atom. The Labute approximate surface area is 139 Å². The number of hydrogen-bond donors (Lipinski definition) is 1.